The number of hydrogen-bond donors (Lipinski definition) is 1. The van der Waals surface area contributed by atoms with Gasteiger partial charge in [-0.05, 0) is 13.1 Å². The van der Waals surface area contributed by atoms with E-state index in [1.807, 2.05) is 7.05 Å². The van der Waals surface area contributed by atoms with Crippen molar-refractivity contribution in [3.63, 3.8) is 0 Å². The molecule has 1 N–H and O–H groups in total. The molecule has 0 unspecified atom stereocenters. The Labute approximate surface area is 44.2 Å². The van der Waals surface area contributed by atoms with Gasteiger partial charge in [0, 0.05) is 7.05 Å². The normalized spacial score (nSPS) is 4.86. The van der Waals surface area contributed by atoms with Crippen molar-refractivity contribution in [1.29, 1.82) is 0 Å². The van der Waals surface area contributed by atoms with Crippen molar-refractivity contribution in [2.45, 2.75) is 6.92 Å². The third-order valence-electron chi connectivity index (χ3n) is 0.204. The third kappa shape index (κ3) is 1220. The lowest BCUT2D eigenvalue weighted by Gasteiger charge is -1.70. The molecule has 0 bridgehead atoms. The topological polar surface area (TPSA) is 29.1 Å². The Balaban J connectivity index is 0. The highest BCUT2D eigenvalue weighted by molar-refractivity contribution is 5.44. The summed E-state index contributed by atoms with van der Waals surface area (Å²) >= 11 is 0. The van der Waals surface area contributed by atoms with Crippen molar-refractivity contribution in [3.05, 3.63) is 12.8 Å². The van der Waals surface area contributed by atoms with Gasteiger partial charge in [-0.25, -0.2) is 0 Å². The highest BCUT2D eigenvalue weighted by Gasteiger charge is 1.35. The highest BCUT2D eigenvalue weighted by Crippen LogP contribution is 1.32. The van der Waals surface area contributed by atoms with Crippen LogP contribution in [0.3, 0.4) is 0 Å². The van der Waals surface area contributed by atoms with Crippen LogP contribution >= 0.6 is 0 Å². The standard InChI is InChI=1S/C3H7N.C2H4O/c1-3-4-2;1-2-3/h3-4H,1H2,2H3;2H,1H3. The van der Waals surface area contributed by atoms with E-state index >= 15 is 0 Å². The van der Waals surface area contributed by atoms with E-state index in [-0.39, 0.29) is 0 Å². The van der Waals surface area contributed by atoms with E-state index in [2.05, 4.69) is 11.9 Å². The molecule has 42 valence electrons. The van der Waals surface area contributed by atoms with Crippen LogP contribution in [0.15, 0.2) is 12.8 Å². The van der Waals surface area contributed by atoms with Crippen molar-refractivity contribution in [1.82, 2.24) is 5.32 Å². The zero-order valence-electron chi connectivity index (χ0n) is 4.77. The number of hydrogen-bond acceptors (Lipinski definition) is 2. The second kappa shape index (κ2) is 18.9. The van der Waals surface area contributed by atoms with Gasteiger partial charge in [0.05, 0.1) is 0 Å². The lowest BCUT2D eigenvalue weighted by atomic mass is 11.0. The predicted octanol–water partition coefficient (Wildman–Crippen LogP) is 0.554. The first kappa shape index (κ1) is 9.51. The minimum atomic E-state index is 0.750. The van der Waals surface area contributed by atoms with E-state index in [0.29, 0.717) is 0 Å². The summed E-state index contributed by atoms with van der Waals surface area (Å²) < 4.78 is 0. The molecule has 2 heteroatoms. The predicted molar refractivity (Wildman–Crippen MR) is 31.0 cm³/mol. The van der Waals surface area contributed by atoms with Gasteiger partial charge in [0.2, 0.25) is 0 Å². The molecule has 0 aromatic rings. The van der Waals surface area contributed by atoms with Crippen LogP contribution in [0.4, 0.5) is 0 Å². The Hall–Kier alpha value is -0.790. The molecule has 0 saturated carbocycles. The van der Waals surface area contributed by atoms with Crippen molar-refractivity contribution < 1.29 is 4.79 Å². The van der Waals surface area contributed by atoms with Crippen molar-refractivity contribution in [2.24, 2.45) is 0 Å². The van der Waals surface area contributed by atoms with Crippen LogP contribution in [0.25, 0.3) is 0 Å². The fraction of sp³-hybridized carbons (Fsp3) is 0.400. The van der Waals surface area contributed by atoms with Crippen LogP contribution in [0, 0.1) is 0 Å². The van der Waals surface area contributed by atoms with Gasteiger partial charge in [-0.3, -0.25) is 0 Å². The maximum Gasteiger partial charge on any atom is 0.116 e. The largest absolute Gasteiger partial charge is 0.394 e. The first-order valence-electron chi connectivity index (χ1n) is 2.01. The van der Waals surface area contributed by atoms with Crippen molar-refractivity contribution >= 4 is 6.29 Å². The summed E-state index contributed by atoms with van der Waals surface area (Å²) in [5.74, 6) is 0. The molecule has 0 aliphatic rings. The summed E-state index contributed by atoms with van der Waals surface area (Å²) in [6.45, 7) is 4.81. The zero-order valence-corrected chi connectivity index (χ0v) is 4.77. The second-order valence-electron chi connectivity index (χ2n) is 0.729. The number of nitrogens with one attached hydrogen (secondary N) is 1. The second-order valence-corrected chi connectivity index (χ2v) is 0.729. The van der Waals surface area contributed by atoms with Gasteiger partial charge in [0.15, 0.2) is 0 Å². The Kier molecular flexibility index (Phi) is 25.7. The minimum absolute atomic E-state index is 0.750. The summed E-state index contributed by atoms with van der Waals surface area (Å²) in [6.07, 6.45) is 2.38. The quantitative estimate of drug-likeness (QED) is 0.489. The summed E-state index contributed by atoms with van der Waals surface area (Å²) in [7, 11) is 1.81. The summed E-state index contributed by atoms with van der Waals surface area (Å²) in [4.78, 5) is 8.81. The maximum atomic E-state index is 8.81. The van der Waals surface area contributed by atoms with E-state index in [1.54, 1.807) is 6.20 Å². The SMILES string of the molecule is C=CNC.CC=O. The Morgan fingerprint density at radius 1 is 1.71 bits per heavy atom. The Bertz CT molecular complexity index is 43.3. The van der Waals surface area contributed by atoms with E-state index in [0.717, 1.165) is 6.29 Å². The van der Waals surface area contributed by atoms with Crippen LogP contribution in [0.2, 0.25) is 0 Å². The molecule has 0 aromatic heterocycles. The van der Waals surface area contributed by atoms with Gasteiger partial charge in [0.25, 0.3) is 0 Å². The molecule has 0 atom stereocenters. The molecule has 0 aliphatic carbocycles. The van der Waals surface area contributed by atoms with Gasteiger partial charge in [-0.15, -0.1) is 0 Å². The number of aldehydes is 1. The molecule has 0 spiro atoms. The van der Waals surface area contributed by atoms with Crippen LogP contribution in [-0.4, -0.2) is 13.3 Å². The molecule has 2 nitrogen and oxygen atoms in total. The highest BCUT2D eigenvalue weighted by atomic mass is 16.1. The molecule has 0 fully saturated rings. The summed E-state index contributed by atoms with van der Waals surface area (Å²) in [6, 6.07) is 0. The van der Waals surface area contributed by atoms with E-state index in [1.165, 1.54) is 6.92 Å². The lowest BCUT2D eigenvalue weighted by Crippen LogP contribution is -1.87. The Morgan fingerprint density at radius 3 is 1.86 bits per heavy atom. The maximum absolute atomic E-state index is 8.81. The van der Waals surface area contributed by atoms with Gasteiger partial charge in [-0.1, -0.05) is 6.58 Å². The fourth-order valence-electron chi connectivity index (χ4n) is 0. The van der Waals surface area contributed by atoms with Crippen molar-refractivity contribution in [3.8, 4) is 0 Å². The molecule has 0 aromatic carbocycles. The molecule has 0 heterocycles. The van der Waals surface area contributed by atoms with E-state index < -0.39 is 0 Å². The molecule has 0 rings (SSSR count). The van der Waals surface area contributed by atoms with Crippen molar-refractivity contribution in [2.75, 3.05) is 7.05 Å². The molecule has 7 heavy (non-hydrogen) atoms. The molecule has 0 amide bonds. The van der Waals surface area contributed by atoms with Gasteiger partial charge >= 0.3 is 0 Å². The molecular formula is C5H11NO. The van der Waals surface area contributed by atoms with Crippen LogP contribution in [-0.2, 0) is 4.79 Å². The molecule has 0 aliphatic heterocycles. The van der Waals surface area contributed by atoms with Gasteiger partial charge in [-0.2, -0.15) is 0 Å². The first-order chi connectivity index (χ1) is 3.33. The van der Waals surface area contributed by atoms with Gasteiger partial charge < -0.3 is 10.1 Å². The van der Waals surface area contributed by atoms with E-state index in [4.69, 9.17) is 4.79 Å². The average Bonchev–Trinajstić information content (AvgIpc) is 1.69. The summed E-state index contributed by atoms with van der Waals surface area (Å²) in [5, 5.41) is 2.69. The molecule has 0 radical (unpaired) electrons. The van der Waals surface area contributed by atoms with Crippen LogP contribution in [0.1, 0.15) is 6.92 Å². The average molecular weight is 101 g/mol. The van der Waals surface area contributed by atoms with Crippen LogP contribution in [0.5, 0.6) is 0 Å². The number of carbonyl (C=O) groups is 1. The monoisotopic (exact) mass is 101 g/mol. The lowest BCUT2D eigenvalue weighted by molar-refractivity contribution is -0.106. The molecule has 0 saturated heterocycles. The third-order valence-corrected chi connectivity index (χ3v) is 0.204. The first-order valence-corrected chi connectivity index (χ1v) is 2.01. The fourth-order valence-corrected chi connectivity index (χ4v) is 0. The Morgan fingerprint density at radius 2 is 1.86 bits per heavy atom. The minimum Gasteiger partial charge on any atom is -0.394 e. The van der Waals surface area contributed by atoms with Gasteiger partial charge in [0.1, 0.15) is 6.29 Å². The van der Waals surface area contributed by atoms with Crippen LogP contribution < -0.4 is 5.32 Å². The molecular weight excluding hydrogens is 90.1 g/mol. The number of carbonyl (C=O) groups excluding carboxylic acids is 1. The number of rotatable bonds is 1. The van der Waals surface area contributed by atoms with E-state index in [9.17, 15) is 0 Å². The summed E-state index contributed by atoms with van der Waals surface area (Å²) in [5.41, 5.74) is 0. The smallest absolute Gasteiger partial charge is 0.116 e. The zero-order chi connectivity index (χ0) is 6.12.